The Morgan fingerprint density at radius 1 is 1.35 bits per heavy atom. The fourth-order valence-corrected chi connectivity index (χ4v) is 1.89. The summed E-state index contributed by atoms with van der Waals surface area (Å²) >= 11 is 0. The normalized spacial score (nSPS) is 11.1. The molecule has 0 aliphatic carbocycles. The van der Waals surface area contributed by atoms with Gasteiger partial charge >= 0.3 is 5.97 Å². The maximum Gasteiger partial charge on any atom is 0.340 e. The molecule has 1 aromatic rings. The number of carbonyl (C=O) groups excluding carboxylic acids is 1. The SMILES string of the molecule is COC(=O)c1cc(C)ccc1N(C)S(C)(=O)=O. The van der Waals surface area contributed by atoms with Crippen LogP contribution in [0, 0.1) is 6.92 Å². The van der Waals surface area contributed by atoms with E-state index in [1.165, 1.54) is 14.2 Å². The molecule has 1 aromatic carbocycles. The fourth-order valence-electron chi connectivity index (χ4n) is 1.38. The number of esters is 1. The molecule has 6 heteroatoms. The molecule has 0 aliphatic heterocycles. The number of anilines is 1. The van der Waals surface area contributed by atoms with Gasteiger partial charge in [0.1, 0.15) is 0 Å². The number of nitrogens with zero attached hydrogens (tertiary/aromatic N) is 1. The lowest BCUT2D eigenvalue weighted by Crippen LogP contribution is -2.26. The molecule has 0 saturated heterocycles. The molecule has 0 aromatic heterocycles. The third-order valence-corrected chi connectivity index (χ3v) is 3.59. The minimum absolute atomic E-state index is 0.237. The minimum atomic E-state index is -3.41. The molecule has 0 bridgehead atoms. The molecule has 0 N–H and O–H groups in total. The molecule has 0 fully saturated rings. The first kappa shape index (κ1) is 13.5. The monoisotopic (exact) mass is 257 g/mol. The molecular weight excluding hydrogens is 242 g/mol. The number of aryl methyl sites for hydroxylation is 1. The Hall–Kier alpha value is -1.56. The smallest absolute Gasteiger partial charge is 0.340 e. The number of methoxy groups -OCH3 is 1. The quantitative estimate of drug-likeness (QED) is 0.763. The van der Waals surface area contributed by atoms with Crippen LogP contribution in [0.2, 0.25) is 0 Å². The minimum Gasteiger partial charge on any atom is -0.465 e. The van der Waals surface area contributed by atoms with E-state index in [9.17, 15) is 13.2 Å². The lowest BCUT2D eigenvalue weighted by atomic mass is 10.1. The maximum absolute atomic E-state index is 11.6. The highest BCUT2D eigenvalue weighted by Gasteiger charge is 2.20. The van der Waals surface area contributed by atoms with Gasteiger partial charge in [-0.25, -0.2) is 13.2 Å². The summed E-state index contributed by atoms with van der Waals surface area (Å²) in [6.45, 7) is 1.82. The predicted molar refractivity (Wildman–Crippen MR) is 65.8 cm³/mol. The largest absolute Gasteiger partial charge is 0.465 e. The Labute approximate surface area is 101 Å². The van der Waals surface area contributed by atoms with E-state index >= 15 is 0 Å². The van der Waals surface area contributed by atoms with Gasteiger partial charge in [-0.1, -0.05) is 11.6 Å². The van der Waals surface area contributed by atoms with Crippen molar-refractivity contribution in [2.24, 2.45) is 0 Å². The molecule has 0 saturated carbocycles. The Morgan fingerprint density at radius 3 is 2.41 bits per heavy atom. The second-order valence-corrected chi connectivity index (χ2v) is 5.76. The van der Waals surface area contributed by atoms with E-state index in [1.54, 1.807) is 18.2 Å². The van der Waals surface area contributed by atoms with E-state index in [1.807, 2.05) is 6.92 Å². The van der Waals surface area contributed by atoms with Gasteiger partial charge in [-0.05, 0) is 19.1 Å². The van der Waals surface area contributed by atoms with Gasteiger partial charge in [0.2, 0.25) is 10.0 Å². The molecule has 1 rings (SSSR count). The molecule has 0 unspecified atom stereocenters. The number of sulfonamides is 1. The number of rotatable bonds is 3. The average Bonchev–Trinajstić information content (AvgIpc) is 2.25. The van der Waals surface area contributed by atoms with Gasteiger partial charge < -0.3 is 4.74 Å². The molecule has 0 spiro atoms. The molecule has 0 atom stereocenters. The van der Waals surface area contributed by atoms with Crippen LogP contribution in [0.25, 0.3) is 0 Å². The number of benzene rings is 1. The summed E-state index contributed by atoms with van der Waals surface area (Å²) in [5.41, 5.74) is 1.40. The summed E-state index contributed by atoms with van der Waals surface area (Å²) in [5, 5.41) is 0. The highest BCUT2D eigenvalue weighted by atomic mass is 32.2. The standard InChI is InChI=1S/C11H15NO4S/c1-8-5-6-10(12(2)17(4,14)15)9(7-8)11(13)16-3/h5-7H,1-4H3. The van der Waals surface area contributed by atoms with E-state index in [-0.39, 0.29) is 5.56 Å². The number of ether oxygens (including phenoxy) is 1. The Morgan fingerprint density at radius 2 is 1.94 bits per heavy atom. The summed E-state index contributed by atoms with van der Waals surface area (Å²) in [7, 11) is -0.753. The lowest BCUT2D eigenvalue weighted by Gasteiger charge is -2.19. The Bertz CT molecular complexity index is 536. The van der Waals surface area contributed by atoms with Crippen molar-refractivity contribution in [3.8, 4) is 0 Å². The van der Waals surface area contributed by atoms with Crippen LogP contribution in [0.1, 0.15) is 15.9 Å². The second-order valence-electron chi connectivity index (χ2n) is 3.74. The van der Waals surface area contributed by atoms with E-state index in [0.29, 0.717) is 5.69 Å². The van der Waals surface area contributed by atoms with Gasteiger partial charge in [0.15, 0.2) is 0 Å². The molecule has 0 radical (unpaired) electrons. The van der Waals surface area contributed by atoms with Gasteiger partial charge in [0.05, 0.1) is 24.6 Å². The zero-order valence-electron chi connectivity index (χ0n) is 10.2. The summed E-state index contributed by atoms with van der Waals surface area (Å²) < 4.78 is 28.6. The van der Waals surface area contributed by atoms with Crippen molar-refractivity contribution in [1.82, 2.24) is 0 Å². The zero-order chi connectivity index (χ0) is 13.2. The van der Waals surface area contributed by atoms with Crippen LogP contribution < -0.4 is 4.31 Å². The number of carbonyl (C=O) groups is 1. The summed E-state index contributed by atoms with van der Waals surface area (Å²) in [4.78, 5) is 11.6. The predicted octanol–water partition coefficient (Wildman–Crippen LogP) is 1.18. The molecule has 0 amide bonds. The first-order valence-corrected chi connectivity index (χ1v) is 6.75. The molecule has 94 valence electrons. The highest BCUT2D eigenvalue weighted by Crippen LogP contribution is 2.23. The van der Waals surface area contributed by atoms with Gasteiger partial charge in [-0.2, -0.15) is 0 Å². The van der Waals surface area contributed by atoms with Crippen molar-refractivity contribution in [3.63, 3.8) is 0 Å². The van der Waals surface area contributed by atoms with Gasteiger partial charge in [-0.15, -0.1) is 0 Å². The van der Waals surface area contributed by atoms with E-state index in [2.05, 4.69) is 4.74 Å². The van der Waals surface area contributed by atoms with Gasteiger partial charge in [0, 0.05) is 7.05 Å². The van der Waals surface area contributed by atoms with E-state index < -0.39 is 16.0 Å². The van der Waals surface area contributed by atoms with E-state index in [4.69, 9.17) is 0 Å². The van der Waals surface area contributed by atoms with Crippen LogP contribution in [0.15, 0.2) is 18.2 Å². The summed E-state index contributed by atoms with van der Waals surface area (Å²) in [6.07, 6.45) is 1.08. The second kappa shape index (κ2) is 4.75. The summed E-state index contributed by atoms with van der Waals surface area (Å²) in [6, 6.07) is 4.93. The van der Waals surface area contributed by atoms with Crippen LogP contribution in [0.3, 0.4) is 0 Å². The van der Waals surface area contributed by atoms with Crippen LogP contribution in [0.4, 0.5) is 5.69 Å². The van der Waals surface area contributed by atoms with Crippen molar-refractivity contribution in [2.45, 2.75) is 6.92 Å². The fraction of sp³-hybridized carbons (Fsp3) is 0.364. The molecular formula is C11H15NO4S. The zero-order valence-corrected chi connectivity index (χ0v) is 11.0. The highest BCUT2D eigenvalue weighted by molar-refractivity contribution is 7.92. The van der Waals surface area contributed by atoms with Crippen molar-refractivity contribution >= 4 is 21.7 Å². The average molecular weight is 257 g/mol. The Balaban J connectivity index is 3.38. The Kier molecular flexibility index (Phi) is 3.77. The van der Waals surface area contributed by atoms with Crippen LogP contribution in [-0.2, 0) is 14.8 Å². The molecule has 5 nitrogen and oxygen atoms in total. The molecule has 0 aliphatic rings. The third-order valence-electron chi connectivity index (χ3n) is 2.39. The lowest BCUT2D eigenvalue weighted by molar-refractivity contribution is 0.0601. The van der Waals surface area contributed by atoms with Crippen molar-refractivity contribution in [2.75, 3.05) is 24.7 Å². The first-order valence-electron chi connectivity index (χ1n) is 4.90. The van der Waals surface area contributed by atoms with Crippen molar-refractivity contribution in [1.29, 1.82) is 0 Å². The first-order chi connectivity index (χ1) is 7.77. The van der Waals surface area contributed by atoms with Crippen molar-refractivity contribution in [3.05, 3.63) is 29.3 Å². The van der Waals surface area contributed by atoms with Crippen LogP contribution >= 0.6 is 0 Å². The van der Waals surface area contributed by atoms with Crippen LogP contribution in [0.5, 0.6) is 0 Å². The van der Waals surface area contributed by atoms with Crippen LogP contribution in [-0.4, -0.2) is 34.8 Å². The third kappa shape index (κ3) is 2.97. The van der Waals surface area contributed by atoms with Crippen molar-refractivity contribution < 1.29 is 17.9 Å². The summed E-state index contributed by atoms with van der Waals surface area (Å²) in [5.74, 6) is -0.556. The van der Waals surface area contributed by atoms with Gasteiger partial charge in [-0.3, -0.25) is 4.31 Å². The molecule has 0 heterocycles. The number of hydrogen-bond acceptors (Lipinski definition) is 4. The van der Waals surface area contributed by atoms with Gasteiger partial charge in [0.25, 0.3) is 0 Å². The van der Waals surface area contributed by atoms with E-state index in [0.717, 1.165) is 16.1 Å². The number of hydrogen-bond donors (Lipinski definition) is 0. The topological polar surface area (TPSA) is 63.7 Å². The molecule has 17 heavy (non-hydrogen) atoms. The maximum atomic E-state index is 11.6.